The van der Waals surface area contributed by atoms with E-state index in [9.17, 15) is 18.0 Å². The highest BCUT2D eigenvalue weighted by Crippen LogP contribution is 2.22. The number of benzene rings is 1. The zero-order chi connectivity index (χ0) is 13.9. The van der Waals surface area contributed by atoms with Gasteiger partial charge in [0.05, 0.1) is 0 Å². The van der Waals surface area contributed by atoms with Crippen LogP contribution in [0.4, 0.5) is 13.2 Å². The van der Waals surface area contributed by atoms with Crippen LogP contribution in [0, 0.1) is 0 Å². The summed E-state index contributed by atoms with van der Waals surface area (Å²) in [5.41, 5.74) is 0.564. The van der Waals surface area contributed by atoms with E-state index >= 15 is 0 Å². The number of carbonyl (C=O) groups is 1. The van der Waals surface area contributed by atoms with E-state index in [0.717, 1.165) is 4.90 Å². The Kier molecular flexibility index (Phi) is 4.62. The average Bonchev–Trinajstić information content (AvgIpc) is 2.23. The van der Waals surface area contributed by atoms with E-state index in [4.69, 9.17) is 11.6 Å². The van der Waals surface area contributed by atoms with Gasteiger partial charge in [0, 0.05) is 17.6 Å². The summed E-state index contributed by atoms with van der Waals surface area (Å²) in [5.74, 6) is -1.84. The molecule has 100 valence electrons. The van der Waals surface area contributed by atoms with Crippen molar-refractivity contribution in [1.29, 1.82) is 0 Å². The van der Waals surface area contributed by atoms with Crippen molar-refractivity contribution in [3.05, 3.63) is 34.9 Å². The lowest BCUT2D eigenvalue weighted by Gasteiger charge is -2.27. The predicted octanol–water partition coefficient (Wildman–Crippen LogP) is 3.64. The van der Waals surface area contributed by atoms with Crippen molar-refractivity contribution in [3.63, 3.8) is 0 Å². The number of nitrogens with zero attached hydrogens (tertiary/aromatic N) is 1. The maximum atomic E-state index is 12.4. The molecular formula is C12H13ClF3NO. The summed E-state index contributed by atoms with van der Waals surface area (Å²) in [5, 5.41) is 0.427. The fourth-order valence-corrected chi connectivity index (χ4v) is 1.70. The number of hydrogen-bond donors (Lipinski definition) is 0. The molecular weight excluding hydrogens is 267 g/mol. The Morgan fingerprint density at radius 2 is 2.00 bits per heavy atom. The molecule has 6 heteroatoms. The minimum Gasteiger partial charge on any atom is -0.328 e. The fraction of sp³-hybridized carbons (Fsp3) is 0.417. The smallest absolute Gasteiger partial charge is 0.328 e. The summed E-state index contributed by atoms with van der Waals surface area (Å²) in [6, 6.07) is 5.88. The molecule has 1 aromatic rings. The van der Waals surface area contributed by atoms with Gasteiger partial charge in [0.25, 0.3) is 0 Å². The molecule has 0 spiro atoms. The number of hydrogen-bond acceptors (Lipinski definition) is 1. The first-order chi connectivity index (χ1) is 8.21. The number of rotatable bonds is 3. The van der Waals surface area contributed by atoms with Gasteiger partial charge in [-0.15, -0.1) is 0 Å². The van der Waals surface area contributed by atoms with Gasteiger partial charge in [-0.1, -0.05) is 23.7 Å². The van der Waals surface area contributed by atoms with Gasteiger partial charge in [0.2, 0.25) is 0 Å². The number of alkyl halides is 3. The second-order valence-electron chi connectivity index (χ2n) is 4.15. The molecule has 0 aliphatic heterocycles. The van der Waals surface area contributed by atoms with E-state index in [1.807, 2.05) is 0 Å². The van der Waals surface area contributed by atoms with Gasteiger partial charge >= 0.3 is 12.1 Å². The lowest BCUT2D eigenvalue weighted by molar-refractivity contribution is -0.188. The van der Waals surface area contributed by atoms with Crippen LogP contribution in [0.3, 0.4) is 0 Å². The third-order valence-electron chi connectivity index (χ3n) is 2.37. The summed E-state index contributed by atoms with van der Waals surface area (Å²) in [4.78, 5) is 12.0. The molecule has 1 aromatic carbocycles. The quantitative estimate of drug-likeness (QED) is 0.827. The SMILES string of the molecule is CC(C)N(Cc1cccc(Cl)c1)C(=O)C(F)(F)F. The summed E-state index contributed by atoms with van der Waals surface area (Å²) in [6.07, 6.45) is -4.86. The number of carbonyl (C=O) groups excluding carboxylic acids is 1. The molecule has 0 atom stereocenters. The predicted molar refractivity (Wildman–Crippen MR) is 63.2 cm³/mol. The zero-order valence-corrected chi connectivity index (χ0v) is 10.7. The minimum absolute atomic E-state index is 0.115. The van der Waals surface area contributed by atoms with E-state index in [2.05, 4.69) is 0 Å². The fourth-order valence-electron chi connectivity index (χ4n) is 1.48. The van der Waals surface area contributed by atoms with Gasteiger partial charge in [-0.05, 0) is 31.5 Å². The third-order valence-corrected chi connectivity index (χ3v) is 2.60. The Hall–Kier alpha value is -1.23. The highest BCUT2D eigenvalue weighted by molar-refractivity contribution is 6.30. The Morgan fingerprint density at radius 1 is 1.39 bits per heavy atom. The molecule has 0 aliphatic carbocycles. The zero-order valence-electron chi connectivity index (χ0n) is 9.96. The van der Waals surface area contributed by atoms with Gasteiger partial charge in [-0.2, -0.15) is 13.2 Å². The molecule has 0 aliphatic rings. The van der Waals surface area contributed by atoms with E-state index in [1.165, 1.54) is 13.8 Å². The first kappa shape index (κ1) is 14.8. The molecule has 0 fully saturated rings. The van der Waals surface area contributed by atoms with Crippen LogP contribution >= 0.6 is 11.6 Å². The first-order valence-electron chi connectivity index (χ1n) is 5.34. The molecule has 0 unspecified atom stereocenters. The van der Waals surface area contributed by atoms with Gasteiger partial charge in [-0.25, -0.2) is 0 Å². The van der Waals surface area contributed by atoms with Crippen molar-refractivity contribution in [2.24, 2.45) is 0 Å². The molecule has 2 nitrogen and oxygen atoms in total. The summed E-state index contributed by atoms with van der Waals surface area (Å²) >= 11 is 5.75. The monoisotopic (exact) mass is 279 g/mol. The van der Waals surface area contributed by atoms with Gasteiger partial charge < -0.3 is 4.90 Å². The Balaban J connectivity index is 2.91. The van der Waals surface area contributed by atoms with Crippen LogP contribution in [-0.4, -0.2) is 23.0 Å². The molecule has 0 bridgehead atoms. The van der Waals surface area contributed by atoms with Crippen LogP contribution in [0.25, 0.3) is 0 Å². The van der Waals surface area contributed by atoms with Crippen LogP contribution < -0.4 is 0 Å². The van der Waals surface area contributed by atoms with Crippen LogP contribution in [0.5, 0.6) is 0 Å². The molecule has 0 radical (unpaired) electrons. The van der Waals surface area contributed by atoms with Crippen molar-refractivity contribution < 1.29 is 18.0 Å². The van der Waals surface area contributed by atoms with E-state index < -0.39 is 18.1 Å². The topological polar surface area (TPSA) is 20.3 Å². The summed E-state index contributed by atoms with van der Waals surface area (Å²) in [6.45, 7) is 2.96. The molecule has 0 saturated carbocycles. The lowest BCUT2D eigenvalue weighted by atomic mass is 10.2. The molecule has 0 aromatic heterocycles. The van der Waals surface area contributed by atoms with Crippen LogP contribution in [0.15, 0.2) is 24.3 Å². The molecule has 18 heavy (non-hydrogen) atoms. The standard InChI is InChI=1S/C12H13ClF3NO/c1-8(2)17(11(18)12(14,15)16)7-9-4-3-5-10(13)6-9/h3-6,8H,7H2,1-2H3. The lowest BCUT2D eigenvalue weighted by Crippen LogP contribution is -2.44. The maximum Gasteiger partial charge on any atom is 0.471 e. The highest BCUT2D eigenvalue weighted by atomic mass is 35.5. The molecule has 0 saturated heterocycles. The highest BCUT2D eigenvalue weighted by Gasteiger charge is 2.43. The van der Waals surface area contributed by atoms with Crippen molar-refractivity contribution in [1.82, 2.24) is 4.90 Å². The largest absolute Gasteiger partial charge is 0.471 e. The van der Waals surface area contributed by atoms with E-state index in [-0.39, 0.29) is 6.54 Å². The molecule has 0 N–H and O–H groups in total. The number of halogens is 4. The van der Waals surface area contributed by atoms with E-state index in [1.54, 1.807) is 24.3 Å². The molecule has 0 heterocycles. The van der Waals surface area contributed by atoms with Gasteiger partial charge in [0.1, 0.15) is 0 Å². The Labute approximate surface area is 108 Å². The van der Waals surface area contributed by atoms with Crippen molar-refractivity contribution in [3.8, 4) is 0 Å². The van der Waals surface area contributed by atoms with Crippen LogP contribution in [0.2, 0.25) is 5.02 Å². The molecule has 1 rings (SSSR count). The van der Waals surface area contributed by atoms with Crippen LogP contribution in [-0.2, 0) is 11.3 Å². The van der Waals surface area contributed by atoms with Crippen molar-refractivity contribution in [2.75, 3.05) is 0 Å². The third kappa shape index (κ3) is 3.91. The normalized spacial score (nSPS) is 11.7. The van der Waals surface area contributed by atoms with Gasteiger partial charge in [-0.3, -0.25) is 4.79 Å². The van der Waals surface area contributed by atoms with Crippen LogP contribution in [0.1, 0.15) is 19.4 Å². The second kappa shape index (κ2) is 5.61. The van der Waals surface area contributed by atoms with Gasteiger partial charge in [0.15, 0.2) is 0 Å². The minimum atomic E-state index is -4.86. The average molecular weight is 280 g/mol. The summed E-state index contributed by atoms with van der Waals surface area (Å²) < 4.78 is 37.3. The van der Waals surface area contributed by atoms with Crippen molar-refractivity contribution in [2.45, 2.75) is 32.6 Å². The van der Waals surface area contributed by atoms with E-state index in [0.29, 0.717) is 10.6 Å². The first-order valence-corrected chi connectivity index (χ1v) is 5.72. The second-order valence-corrected chi connectivity index (χ2v) is 4.59. The maximum absolute atomic E-state index is 12.4. The van der Waals surface area contributed by atoms with Crippen molar-refractivity contribution >= 4 is 17.5 Å². The number of amides is 1. The summed E-state index contributed by atoms with van der Waals surface area (Å²) in [7, 11) is 0. The Bertz CT molecular complexity index is 432. The Morgan fingerprint density at radius 3 is 2.44 bits per heavy atom. The molecule has 1 amide bonds.